The lowest BCUT2D eigenvalue weighted by Crippen LogP contribution is -2.45. The highest BCUT2D eigenvalue weighted by atomic mass is 32.2. The van der Waals surface area contributed by atoms with Crippen molar-refractivity contribution < 1.29 is 26.7 Å². The van der Waals surface area contributed by atoms with Crippen LogP contribution in [-0.2, 0) is 21.4 Å². The predicted molar refractivity (Wildman–Crippen MR) is 107 cm³/mol. The van der Waals surface area contributed by atoms with Gasteiger partial charge in [-0.3, -0.25) is 4.79 Å². The van der Waals surface area contributed by atoms with Crippen LogP contribution in [0.25, 0.3) is 0 Å². The van der Waals surface area contributed by atoms with Gasteiger partial charge in [0.25, 0.3) is 0 Å². The molecule has 9 heteroatoms. The topological polar surface area (TPSA) is 75.7 Å². The molecule has 1 aliphatic rings. The van der Waals surface area contributed by atoms with Gasteiger partial charge in [0, 0.05) is 31.1 Å². The number of amides is 1. The summed E-state index contributed by atoms with van der Waals surface area (Å²) in [5.74, 6) is -1.39. The van der Waals surface area contributed by atoms with Crippen LogP contribution in [0.5, 0.6) is 5.75 Å². The van der Waals surface area contributed by atoms with Crippen LogP contribution in [0, 0.1) is 11.6 Å². The third-order valence-corrected chi connectivity index (χ3v) is 7.15. The summed E-state index contributed by atoms with van der Waals surface area (Å²) in [5.41, 5.74) is -0.225. The van der Waals surface area contributed by atoms with Crippen molar-refractivity contribution in [1.29, 1.82) is 0 Å². The number of piperidine rings is 1. The average molecular weight is 438 g/mol. The standard InChI is InChI=1S/C21H24F2N2O4S/c1-29-16-8-10-17(11-9-16)30(27,28)25-12-3-2-5-15(25)13-21(26)24-14-18-19(22)6-4-7-20(18)23/h4,6-11,15H,2-3,5,12-14H2,1H3,(H,24,26)/t15-/m0/s1. The molecule has 1 amide bonds. The lowest BCUT2D eigenvalue weighted by atomic mass is 10.0. The summed E-state index contributed by atoms with van der Waals surface area (Å²) >= 11 is 0. The zero-order valence-corrected chi connectivity index (χ0v) is 17.4. The number of methoxy groups -OCH3 is 1. The van der Waals surface area contributed by atoms with Crippen molar-refractivity contribution in [3.63, 3.8) is 0 Å². The van der Waals surface area contributed by atoms with Crippen LogP contribution in [0.1, 0.15) is 31.2 Å². The Balaban J connectivity index is 1.69. The summed E-state index contributed by atoms with van der Waals surface area (Å²) in [5, 5.41) is 2.50. The van der Waals surface area contributed by atoms with Crippen molar-refractivity contribution in [2.45, 2.75) is 43.2 Å². The number of sulfonamides is 1. The molecule has 0 unspecified atom stereocenters. The van der Waals surface area contributed by atoms with E-state index in [1.54, 1.807) is 12.1 Å². The molecule has 0 radical (unpaired) electrons. The van der Waals surface area contributed by atoms with E-state index in [9.17, 15) is 22.0 Å². The molecule has 2 aromatic carbocycles. The van der Waals surface area contributed by atoms with Gasteiger partial charge < -0.3 is 10.1 Å². The van der Waals surface area contributed by atoms with E-state index in [2.05, 4.69) is 5.32 Å². The number of hydrogen-bond acceptors (Lipinski definition) is 4. The van der Waals surface area contributed by atoms with Gasteiger partial charge >= 0.3 is 0 Å². The minimum Gasteiger partial charge on any atom is -0.497 e. The second-order valence-electron chi connectivity index (χ2n) is 7.12. The Kier molecular flexibility index (Phi) is 7.04. The maximum Gasteiger partial charge on any atom is 0.243 e. The van der Waals surface area contributed by atoms with E-state index in [0.717, 1.165) is 18.6 Å². The summed E-state index contributed by atoms with van der Waals surface area (Å²) in [6.45, 7) is 0.0174. The molecule has 1 fully saturated rings. The second kappa shape index (κ2) is 9.53. The molecule has 1 atom stereocenters. The van der Waals surface area contributed by atoms with Gasteiger partial charge in [-0.2, -0.15) is 4.31 Å². The number of ether oxygens (including phenoxy) is 1. The first kappa shape index (κ1) is 22.2. The molecule has 1 aliphatic heterocycles. The number of hydrogen-bond donors (Lipinski definition) is 1. The Bertz CT molecular complexity index is 976. The lowest BCUT2D eigenvalue weighted by Gasteiger charge is -2.34. The first-order chi connectivity index (χ1) is 14.3. The number of rotatable bonds is 7. The zero-order chi connectivity index (χ0) is 21.7. The van der Waals surface area contributed by atoms with Gasteiger partial charge in [-0.05, 0) is 49.2 Å². The fourth-order valence-electron chi connectivity index (χ4n) is 3.55. The van der Waals surface area contributed by atoms with E-state index < -0.39 is 33.6 Å². The number of benzene rings is 2. The van der Waals surface area contributed by atoms with E-state index in [1.165, 1.54) is 29.6 Å². The highest BCUT2D eigenvalue weighted by molar-refractivity contribution is 7.89. The molecule has 0 bridgehead atoms. The molecule has 1 saturated heterocycles. The minimum atomic E-state index is -3.78. The van der Waals surface area contributed by atoms with E-state index in [0.29, 0.717) is 25.1 Å². The molecular weight excluding hydrogens is 414 g/mol. The summed E-state index contributed by atoms with van der Waals surface area (Å²) in [7, 11) is -2.29. The van der Waals surface area contributed by atoms with Crippen molar-refractivity contribution >= 4 is 15.9 Å². The summed E-state index contributed by atoms with van der Waals surface area (Å²) in [6.07, 6.45) is 1.96. The van der Waals surface area contributed by atoms with Gasteiger partial charge in [-0.1, -0.05) is 12.5 Å². The Morgan fingerprint density at radius 3 is 2.43 bits per heavy atom. The third kappa shape index (κ3) is 4.96. The summed E-state index contributed by atoms with van der Waals surface area (Å²) in [6, 6.07) is 9.06. The second-order valence-corrected chi connectivity index (χ2v) is 9.01. The van der Waals surface area contributed by atoms with Crippen LogP contribution < -0.4 is 10.1 Å². The van der Waals surface area contributed by atoms with E-state index in [-0.39, 0.29) is 23.4 Å². The third-order valence-electron chi connectivity index (χ3n) is 5.18. The van der Waals surface area contributed by atoms with Crippen LogP contribution in [0.2, 0.25) is 0 Å². The molecule has 3 rings (SSSR count). The number of nitrogens with one attached hydrogen (secondary N) is 1. The monoisotopic (exact) mass is 438 g/mol. The first-order valence-electron chi connectivity index (χ1n) is 9.68. The van der Waals surface area contributed by atoms with E-state index >= 15 is 0 Å². The Labute approximate surface area is 174 Å². The molecule has 30 heavy (non-hydrogen) atoms. The summed E-state index contributed by atoms with van der Waals surface area (Å²) < 4.78 is 60.1. The minimum absolute atomic E-state index is 0.0779. The molecule has 1 heterocycles. The zero-order valence-electron chi connectivity index (χ0n) is 16.6. The normalized spacial score (nSPS) is 17.5. The SMILES string of the molecule is COc1ccc(S(=O)(=O)N2CCCC[C@H]2CC(=O)NCc2c(F)cccc2F)cc1. The molecular formula is C21H24F2N2O4S. The van der Waals surface area contributed by atoms with Crippen molar-refractivity contribution in [2.75, 3.05) is 13.7 Å². The fourth-order valence-corrected chi connectivity index (χ4v) is 5.24. The Hall–Kier alpha value is -2.52. The van der Waals surface area contributed by atoms with Gasteiger partial charge in [0.1, 0.15) is 17.4 Å². The molecule has 0 aromatic heterocycles. The maximum absolute atomic E-state index is 13.7. The number of halogens is 2. The summed E-state index contributed by atoms with van der Waals surface area (Å²) in [4.78, 5) is 12.5. The van der Waals surface area contributed by atoms with Crippen molar-refractivity contribution in [1.82, 2.24) is 9.62 Å². The van der Waals surface area contributed by atoms with Crippen molar-refractivity contribution in [3.05, 3.63) is 59.7 Å². The first-order valence-corrected chi connectivity index (χ1v) is 11.1. The molecule has 0 aliphatic carbocycles. The quantitative estimate of drug-likeness (QED) is 0.720. The number of carbonyl (C=O) groups excluding carboxylic acids is 1. The van der Waals surface area contributed by atoms with Crippen LogP contribution >= 0.6 is 0 Å². The maximum atomic E-state index is 13.7. The van der Waals surface area contributed by atoms with Gasteiger partial charge in [0.05, 0.1) is 12.0 Å². The molecule has 6 nitrogen and oxygen atoms in total. The predicted octanol–water partition coefficient (Wildman–Crippen LogP) is 3.22. The lowest BCUT2D eigenvalue weighted by molar-refractivity contribution is -0.122. The number of carbonyl (C=O) groups is 1. The molecule has 2 aromatic rings. The van der Waals surface area contributed by atoms with Crippen LogP contribution in [0.15, 0.2) is 47.4 Å². The highest BCUT2D eigenvalue weighted by Crippen LogP contribution is 2.28. The largest absolute Gasteiger partial charge is 0.497 e. The van der Waals surface area contributed by atoms with Crippen LogP contribution in [0.4, 0.5) is 8.78 Å². The van der Waals surface area contributed by atoms with Gasteiger partial charge in [0.2, 0.25) is 15.9 Å². The molecule has 0 spiro atoms. The molecule has 0 saturated carbocycles. The fraction of sp³-hybridized carbons (Fsp3) is 0.381. The molecule has 1 N–H and O–H groups in total. The van der Waals surface area contributed by atoms with Gasteiger partial charge in [-0.15, -0.1) is 0 Å². The Morgan fingerprint density at radius 1 is 1.13 bits per heavy atom. The van der Waals surface area contributed by atoms with E-state index in [1.807, 2.05) is 0 Å². The van der Waals surface area contributed by atoms with Gasteiger partial charge in [0.15, 0.2) is 0 Å². The van der Waals surface area contributed by atoms with Crippen LogP contribution in [-0.4, -0.2) is 38.3 Å². The van der Waals surface area contributed by atoms with E-state index in [4.69, 9.17) is 4.74 Å². The number of nitrogens with zero attached hydrogens (tertiary/aromatic N) is 1. The van der Waals surface area contributed by atoms with Crippen LogP contribution in [0.3, 0.4) is 0 Å². The highest BCUT2D eigenvalue weighted by Gasteiger charge is 2.34. The van der Waals surface area contributed by atoms with Gasteiger partial charge in [-0.25, -0.2) is 17.2 Å². The van der Waals surface area contributed by atoms with Crippen molar-refractivity contribution in [2.24, 2.45) is 0 Å². The smallest absolute Gasteiger partial charge is 0.243 e. The Morgan fingerprint density at radius 2 is 1.80 bits per heavy atom. The average Bonchev–Trinajstić information content (AvgIpc) is 2.73. The molecule has 162 valence electrons. The van der Waals surface area contributed by atoms with Crippen molar-refractivity contribution in [3.8, 4) is 5.75 Å².